The van der Waals surface area contributed by atoms with E-state index in [2.05, 4.69) is 6.92 Å². The van der Waals surface area contributed by atoms with Gasteiger partial charge in [-0.05, 0) is 111 Å². The van der Waals surface area contributed by atoms with Crippen LogP contribution in [0.15, 0.2) is 12.1 Å². The maximum atomic E-state index is 13.6. The monoisotopic (exact) mass is 406 g/mol. The second kappa shape index (κ2) is 9.02. The highest BCUT2D eigenvalue weighted by Gasteiger charge is 2.46. The van der Waals surface area contributed by atoms with Gasteiger partial charge in [0.2, 0.25) is 0 Å². The maximum Gasteiger partial charge on any atom is 0.194 e. The molecular weight excluding hydrogens is 369 g/mol. The molecule has 0 unspecified atom stereocenters. The molecule has 4 rings (SSSR count). The van der Waals surface area contributed by atoms with E-state index >= 15 is 0 Å². The normalized spacial score (nSPS) is 34.9. The Morgan fingerprint density at radius 3 is 2.00 bits per heavy atom. The molecule has 3 aliphatic rings. The highest BCUT2D eigenvalue weighted by atomic mass is 19.2. The van der Waals surface area contributed by atoms with Crippen LogP contribution in [0.3, 0.4) is 0 Å². The second-order valence-corrected chi connectivity index (χ2v) is 10.5. The Balaban J connectivity index is 1.22. The molecular formula is C26H37F3. The minimum Gasteiger partial charge on any atom is -0.204 e. The largest absolute Gasteiger partial charge is 0.204 e. The van der Waals surface area contributed by atoms with Crippen LogP contribution in [0.1, 0.15) is 108 Å². The van der Waals surface area contributed by atoms with E-state index in [9.17, 15) is 13.2 Å². The van der Waals surface area contributed by atoms with E-state index in [1.807, 2.05) is 0 Å². The molecule has 162 valence electrons. The lowest BCUT2D eigenvalue weighted by Gasteiger charge is -2.53. The van der Waals surface area contributed by atoms with E-state index in [0.29, 0.717) is 11.0 Å². The molecule has 3 aliphatic carbocycles. The van der Waals surface area contributed by atoms with Crippen molar-refractivity contribution in [3.63, 3.8) is 0 Å². The number of benzene rings is 1. The summed E-state index contributed by atoms with van der Waals surface area (Å²) in [6.07, 6.45) is 18.5. The summed E-state index contributed by atoms with van der Waals surface area (Å²) < 4.78 is 40.4. The molecule has 0 saturated heterocycles. The lowest BCUT2D eigenvalue weighted by molar-refractivity contribution is -0.0162. The van der Waals surface area contributed by atoms with Gasteiger partial charge in [-0.2, -0.15) is 0 Å². The fourth-order valence-electron chi connectivity index (χ4n) is 6.92. The van der Waals surface area contributed by atoms with Crippen LogP contribution >= 0.6 is 0 Å². The van der Waals surface area contributed by atoms with Gasteiger partial charge in [-0.25, -0.2) is 13.2 Å². The third kappa shape index (κ3) is 4.69. The minimum absolute atomic E-state index is 0.182. The van der Waals surface area contributed by atoms with Crippen molar-refractivity contribution in [2.24, 2.45) is 23.2 Å². The number of rotatable bonds is 6. The smallest absolute Gasteiger partial charge is 0.194 e. The Bertz CT molecular complexity index is 650. The zero-order valence-corrected chi connectivity index (χ0v) is 18.0. The zero-order chi connectivity index (χ0) is 20.4. The van der Waals surface area contributed by atoms with Crippen molar-refractivity contribution < 1.29 is 13.2 Å². The van der Waals surface area contributed by atoms with Gasteiger partial charge in [0.05, 0.1) is 0 Å². The Morgan fingerprint density at radius 2 is 1.41 bits per heavy atom. The molecule has 0 nitrogen and oxygen atoms in total. The maximum absolute atomic E-state index is 13.6. The zero-order valence-electron chi connectivity index (χ0n) is 18.0. The van der Waals surface area contributed by atoms with E-state index in [1.165, 1.54) is 76.3 Å². The van der Waals surface area contributed by atoms with Crippen LogP contribution in [-0.2, 0) is 0 Å². The summed E-state index contributed by atoms with van der Waals surface area (Å²) in [6, 6.07) is 2.42. The summed E-state index contributed by atoms with van der Waals surface area (Å²) in [5.74, 6) is -0.628. The molecule has 0 bridgehead atoms. The molecule has 1 spiro atoms. The van der Waals surface area contributed by atoms with Crippen molar-refractivity contribution >= 4 is 0 Å². The molecule has 29 heavy (non-hydrogen) atoms. The van der Waals surface area contributed by atoms with Gasteiger partial charge in [-0.1, -0.05) is 32.6 Å². The number of hydrogen-bond acceptors (Lipinski definition) is 0. The fourth-order valence-corrected chi connectivity index (χ4v) is 6.92. The van der Waals surface area contributed by atoms with Crippen molar-refractivity contribution in [2.45, 2.75) is 103 Å². The number of halogens is 3. The van der Waals surface area contributed by atoms with E-state index in [-0.39, 0.29) is 5.92 Å². The Kier molecular flexibility index (Phi) is 6.61. The summed E-state index contributed by atoms with van der Waals surface area (Å²) in [5, 5.41) is 0. The third-order valence-corrected chi connectivity index (χ3v) is 8.67. The van der Waals surface area contributed by atoms with Crippen LogP contribution in [0.25, 0.3) is 0 Å². The molecule has 0 N–H and O–H groups in total. The van der Waals surface area contributed by atoms with Crippen molar-refractivity contribution in [1.29, 1.82) is 0 Å². The standard InChI is InChI=1S/C26H37F3/c1-2-3-4-5-18-16-26(17-18)12-10-21(11-13-26)19-6-8-20(9-7-19)22-14-23(27)25(29)24(28)15-22/h14-15,18-21H,2-13,16-17H2,1H3/t18?,19-,20-,21?,26?. The van der Waals surface area contributed by atoms with Crippen molar-refractivity contribution in [3.05, 3.63) is 35.1 Å². The van der Waals surface area contributed by atoms with E-state index in [1.54, 1.807) is 0 Å². The molecule has 0 radical (unpaired) electrons. The van der Waals surface area contributed by atoms with Gasteiger partial charge >= 0.3 is 0 Å². The molecule has 3 fully saturated rings. The average molecular weight is 407 g/mol. The second-order valence-electron chi connectivity index (χ2n) is 10.5. The molecule has 1 aromatic rings. The first kappa shape index (κ1) is 21.2. The lowest BCUT2D eigenvalue weighted by atomic mass is 9.52. The molecule has 0 heterocycles. The van der Waals surface area contributed by atoms with E-state index in [0.717, 1.165) is 43.4 Å². The van der Waals surface area contributed by atoms with Gasteiger partial charge < -0.3 is 0 Å². The predicted molar refractivity (Wildman–Crippen MR) is 112 cm³/mol. The molecule has 3 heteroatoms. The molecule has 0 aliphatic heterocycles. The average Bonchev–Trinajstić information content (AvgIpc) is 2.71. The summed E-state index contributed by atoms with van der Waals surface area (Å²) in [6.45, 7) is 2.28. The first-order valence-electron chi connectivity index (χ1n) is 12.1. The third-order valence-electron chi connectivity index (χ3n) is 8.67. The van der Waals surface area contributed by atoms with E-state index < -0.39 is 17.5 Å². The molecule has 0 atom stereocenters. The van der Waals surface area contributed by atoms with Crippen LogP contribution in [0, 0.1) is 40.6 Å². The minimum atomic E-state index is -1.35. The van der Waals surface area contributed by atoms with Gasteiger partial charge in [-0.3, -0.25) is 0 Å². The van der Waals surface area contributed by atoms with Crippen molar-refractivity contribution in [2.75, 3.05) is 0 Å². The summed E-state index contributed by atoms with van der Waals surface area (Å²) >= 11 is 0. The summed E-state index contributed by atoms with van der Waals surface area (Å²) in [7, 11) is 0. The lowest BCUT2D eigenvalue weighted by Crippen LogP contribution is -2.41. The Morgan fingerprint density at radius 1 is 0.828 bits per heavy atom. The van der Waals surface area contributed by atoms with Crippen molar-refractivity contribution in [1.82, 2.24) is 0 Å². The fraction of sp³-hybridized carbons (Fsp3) is 0.769. The van der Waals surface area contributed by atoms with Crippen LogP contribution in [0.2, 0.25) is 0 Å². The topological polar surface area (TPSA) is 0 Å². The van der Waals surface area contributed by atoms with Crippen LogP contribution in [0.5, 0.6) is 0 Å². The highest BCUT2D eigenvalue weighted by Crippen LogP contribution is 2.58. The van der Waals surface area contributed by atoms with Crippen LogP contribution in [0.4, 0.5) is 13.2 Å². The predicted octanol–water partition coefficient (Wildman–Crippen LogP) is 8.54. The van der Waals surface area contributed by atoms with Crippen LogP contribution in [-0.4, -0.2) is 0 Å². The van der Waals surface area contributed by atoms with Gasteiger partial charge in [-0.15, -0.1) is 0 Å². The Hall–Kier alpha value is -0.990. The number of hydrogen-bond donors (Lipinski definition) is 0. The molecule has 0 aromatic heterocycles. The first-order chi connectivity index (χ1) is 14.0. The first-order valence-corrected chi connectivity index (χ1v) is 12.1. The van der Waals surface area contributed by atoms with Gasteiger partial charge in [0.25, 0.3) is 0 Å². The van der Waals surface area contributed by atoms with Gasteiger partial charge in [0.15, 0.2) is 17.5 Å². The molecule has 3 saturated carbocycles. The van der Waals surface area contributed by atoms with Crippen molar-refractivity contribution in [3.8, 4) is 0 Å². The van der Waals surface area contributed by atoms with Gasteiger partial charge in [0.1, 0.15) is 0 Å². The number of unbranched alkanes of at least 4 members (excludes halogenated alkanes) is 2. The van der Waals surface area contributed by atoms with Gasteiger partial charge in [0, 0.05) is 0 Å². The van der Waals surface area contributed by atoms with E-state index in [4.69, 9.17) is 0 Å². The Labute approximate surface area is 174 Å². The molecule has 0 amide bonds. The summed E-state index contributed by atoms with van der Waals surface area (Å²) in [5.41, 5.74) is 1.33. The van der Waals surface area contributed by atoms with Crippen LogP contribution < -0.4 is 0 Å². The highest BCUT2D eigenvalue weighted by molar-refractivity contribution is 5.23. The molecule has 1 aromatic carbocycles. The summed E-state index contributed by atoms with van der Waals surface area (Å²) in [4.78, 5) is 0. The SMILES string of the molecule is CCCCCC1CC2(CCC([C@H]3CC[C@H](c4cc(F)c(F)c(F)c4)CC3)CC2)C1. The quantitative estimate of drug-likeness (QED) is 0.328.